The minimum atomic E-state index is -0.322. The average Bonchev–Trinajstić information content (AvgIpc) is 3.61. The molecule has 0 unspecified atom stereocenters. The summed E-state index contributed by atoms with van der Waals surface area (Å²) in [5.74, 6) is 1.49. The number of hydrogen-bond acceptors (Lipinski definition) is 4. The second-order valence-corrected chi connectivity index (χ2v) is 8.85. The zero-order valence-electron chi connectivity index (χ0n) is 20.1. The molecule has 6 rings (SSSR count). The van der Waals surface area contributed by atoms with Crippen molar-refractivity contribution in [2.24, 2.45) is 0 Å². The Morgan fingerprint density at radius 1 is 0.972 bits per heavy atom. The Morgan fingerprint density at radius 2 is 1.78 bits per heavy atom. The van der Waals surface area contributed by atoms with Crippen molar-refractivity contribution in [1.29, 1.82) is 0 Å². The SMILES string of the molecule is COc1ccc2[nH]cc(CCN3C(=O)c4[nH]nc(-c5ccccc5)c4[C@H]3c3ccccc3OC)c2c1. The van der Waals surface area contributed by atoms with Crippen LogP contribution in [-0.2, 0) is 6.42 Å². The van der Waals surface area contributed by atoms with Crippen molar-refractivity contribution in [2.45, 2.75) is 12.5 Å². The van der Waals surface area contributed by atoms with Gasteiger partial charge in [0.1, 0.15) is 17.2 Å². The summed E-state index contributed by atoms with van der Waals surface area (Å²) in [5, 5.41) is 8.69. The summed E-state index contributed by atoms with van der Waals surface area (Å²) >= 11 is 0. The number of aromatic amines is 2. The highest BCUT2D eigenvalue weighted by Crippen LogP contribution is 2.45. The number of benzene rings is 3. The van der Waals surface area contributed by atoms with E-state index in [1.807, 2.05) is 83.9 Å². The number of fused-ring (bicyclic) bond motifs is 2. The summed E-state index contributed by atoms with van der Waals surface area (Å²) in [6, 6.07) is 23.5. The van der Waals surface area contributed by atoms with Gasteiger partial charge in [0, 0.05) is 40.3 Å². The standard InChI is InChI=1S/C29H26N4O3/c1-35-20-12-13-23-22(16-20)19(17-30-23)14-15-33-28(21-10-6-7-11-24(21)36-2)25-26(18-8-4-3-5-9-18)31-32-27(25)29(33)34/h3-13,16-17,28,30H,14-15H2,1-2H3,(H,31,32)/t28-/m1/s1. The van der Waals surface area contributed by atoms with Crippen LogP contribution in [0.1, 0.15) is 33.2 Å². The van der Waals surface area contributed by atoms with Gasteiger partial charge < -0.3 is 19.4 Å². The molecule has 180 valence electrons. The fourth-order valence-corrected chi connectivity index (χ4v) is 5.19. The number of ether oxygens (including phenoxy) is 2. The molecule has 0 radical (unpaired) electrons. The van der Waals surface area contributed by atoms with Gasteiger partial charge >= 0.3 is 0 Å². The number of carbonyl (C=O) groups is 1. The molecule has 1 aliphatic rings. The van der Waals surface area contributed by atoms with E-state index in [4.69, 9.17) is 9.47 Å². The van der Waals surface area contributed by atoms with Gasteiger partial charge in [0.05, 0.1) is 26.0 Å². The van der Waals surface area contributed by atoms with Crippen LogP contribution in [0.5, 0.6) is 11.5 Å². The molecule has 0 bridgehead atoms. The highest BCUT2D eigenvalue weighted by molar-refractivity contribution is 6.00. The average molecular weight is 479 g/mol. The third-order valence-corrected chi connectivity index (χ3v) is 6.94. The van der Waals surface area contributed by atoms with Crippen LogP contribution >= 0.6 is 0 Å². The maximum absolute atomic E-state index is 13.7. The smallest absolute Gasteiger partial charge is 0.273 e. The van der Waals surface area contributed by atoms with Crippen LogP contribution in [0.2, 0.25) is 0 Å². The lowest BCUT2D eigenvalue weighted by Crippen LogP contribution is -2.31. The van der Waals surface area contributed by atoms with Crippen LogP contribution in [0.15, 0.2) is 79.0 Å². The third-order valence-electron chi connectivity index (χ3n) is 6.94. The Hall–Kier alpha value is -4.52. The van der Waals surface area contributed by atoms with Gasteiger partial charge in [0.2, 0.25) is 0 Å². The lowest BCUT2D eigenvalue weighted by atomic mass is 9.95. The number of H-pyrrole nitrogens is 2. The van der Waals surface area contributed by atoms with Crippen molar-refractivity contribution in [3.63, 3.8) is 0 Å². The molecule has 36 heavy (non-hydrogen) atoms. The third kappa shape index (κ3) is 3.51. The Labute approximate surface area is 208 Å². The molecule has 0 saturated heterocycles. The molecule has 0 spiro atoms. The highest BCUT2D eigenvalue weighted by Gasteiger charge is 2.43. The van der Waals surface area contributed by atoms with Gasteiger partial charge in [-0.15, -0.1) is 0 Å². The fraction of sp³-hybridized carbons (Fsp3) is 0.172. The molecule has 0 aliphatic carbocycles. The molecule has 7 nitrogen and oxygen atoms in total. The number of aromatic nitrogens is 3. The van der Waals surface area contributed by atoms with E-state index in [-0.39, 0.29) is 11.9 Å². The predicted octanol–water partition coefficient (Wildman–Crippen LogP) is 5.36. The van der Waals surface area contributed by atoms with Gasteiger partial charge in [-0.05, 0) is 36.2 Å². The van der Waals surface area contributed by atoms with E-state index in [0.717, 1.165) is 50.3 Å². The molecule has 1 atom stereocenters. The quantitative estimate of drug-likeness (QED) is 0.330. The molecule has 0 fully saturated rings. The molecular formula is C29H26N4O3. The van der Waals surface area contributed by atoms with Crippen molar-refractivity contribution >= 4 is 16.8 Å². The first kappa shape index (κ1) is 22.0. The van der Waals surface area contributed by atoms with Gasteiger partial charge in [-0.1, -0.05) is 48.5 Å². The summed E-state index contributed by atoms with van der Waals surface area (Å²) in [6.07, 6.45) is 2.70. The summed E-state index contributed by atoms with van der Waals surface area (Å²) < 4.78 is 11.2. The van der Waals surface area contributed by atoms with Crippen molar-refractivity contribution in [2.75, 3.05) is 20.8 Å². The molecule has 2 N–H and O–H groups in total. The van der Waals surface area contributed by atoms with Crippen LogP contribution < -0.4 is 9.47 Å². The molecule has 5 aromatic rings. The lowest BCUT2D eigenvalue weighted by molar-refractivity contribution is 0.0744. The van der Waals surface area contributed by atoms with E-state index in [9.17, 15) is 4.79 Å². The van der Waals surface area contributed by atoms with E-state index in [2.05, 4.69) is 15.2 Å². The first-order valence-corrected chi connectivity index (χ1v) is 11.9. The maximum Gasteiger partial charge on any atom is 0.273 e. The zero-order valence-corrected chi connectivity index (χ0v) is 20.1. The monoisotopic (exact) mass is 478 g/mol. The van der Waals surface area contributed by atoms with E-state index in [1.54, 1.807) is 14.2 Å². The van der Waals surface area contributed by atoms with Crippen molar-refractivity contribution < 1.29 is 14.3 Å². The van der Waals surface area contributed by atoms with Crippen molar-refractivity contribution in [1.82, 2.24) is 20.1 Å². The van der Waals surface area contributed by atoms with E-state index >= 15 is 0 Å². The van der Waals surface area contributed by atoms with Crippen LogP contribution in [0, 0.1) is 0 Å². The van der Waals surface area contributed by atoms with Gasteiger partial charge in [0.25, 0.3) is 5.91 Å². The molecular weight excluding hydrogens is 452 g/mol. The highest BCUT2D eigenvalue weighted by atomic mass is 16.5. The van der Waals surface area contributed by atoms with Crippen LogP contribution in [0.25, 0.3) is 22.2 Å². The second kappa shape index (κ2) is 8.92. The van der Waals surface area contributed by atoms with E-state index < -0.39 is 0 Å². The van der Waals surface area contributed by atoms with Gasteiger partial charge in [-0.3, -0.25) is 9.89 Å². The number of rotatable bonds is 7. The Bertz CT molecular complexity index is 1550. The largest absolute Gasteiger partial charge is 0.497 e. The molecule has 2 aromatic heterocycles. The summed E-state index contributed by atoms with van der Waals surface area (Å²) in [7, 11) is 3.33. The van der Waals surface area contributed by atoms with Gasteiger partial charge in [-0.25, -0.2) is 0 Å². The Balaban J connectivity index is 1.42. The molecule has 1 amide bonds. The van der Waals surface area contributed by atoms with Gasteiger partial charge in [-0.2, -0.15) is 5.10 Å². The molecule has 3 heterocycles. The van der Waals surface area contributed by atoms with Crippen molar-refractivity contribution in [3.8, 4) is 22.8 Å². The van der Waals surface area contributed by atoms with Gasteiger partial charge in [0.15, 0.2) is 0 Å². The number of methoxy groups -OCH3 is 2. The topological polar surface area (TPSA) is 83.2 Å². The summed E-state index contributed by atoms with van der Waals surface area (Å²) in [6.45, 7) is 0.530. The Morgan fingerprint density at radius 3 is 2.58 bits per heavy atom. The number of para-hydroxylation sites is 1. The number of carbonyl (C=O) groups excluding carboxylic acids is 1. The predicted molar refractivity (Wildman–Crippen MR) is 138 cm³/mol. The second-order valence-electron chi connectivity index (χ2n) is 8.85. The van der Waals surface area contributed by atoms with Crippen LogP contribution in [0.4, 0.5) is 0 Å². The summed E-state index contributed by atoms with van der Waals surface area (Å²) in [5.41, 5.74) is 6.28. The molecule has 0 saturated carbocycles. The fourth-order valence-electron chi connectivity index (χ4n) is 5.19. The number of nitrogens with zero attached hydrogens (tertiary/aromatic N) is 2. The number of amides is 1. The number of nitrogens with one attached hydrogen (secondary N) is 2. The minimum Gasteiger partial charge on any atom is -0.497 e. The first-order chi connectivity index (χ1) is 17.7. The lowest BCUT2D eigenvalue weighted by Gasteiger charge is -2.27. The minimum absolute atomic E-state index is 0.0620. The van der Waals surface area contributed by atoms with Crippen LogP contribution in [-0.4, -0.2) is 46.8 Å². The molecule has 3 aromatic carbocycles. The van der Waals surface area contributed by atoms with E-state index in [0.29, 0.717) is 18.7 Å². The normalized spacial score (nSPS) is 14.9. The van der Waals surface area contributed by atoms with Crippen LogP contribution in [0.3, 0.4) is 0 Å². The molecule has 7 heteroatoms. The van der Waals surface area contributed by atoms with Crippen molar-refractivity contribution in [3.05, 3.63) is 101 Å². The molecule has 1 aliphatic heterocycles. The number of hydrogen-bond donors (Lipinski definition) is 2. The zero-order chi connectivity index (χ0) is 24.6. The first-order valence-electron chi connectivity index (χ1n) is 11.9. The summed E-state index contributed by atoms with van der Waals surface area (Å²) in [4.78, 5) is 19.0. The maximum atomic E-state index is 13.7. The van der Waals surface area contributed by atoms with E-state index in [1.165, 1.54) is 0 Å². The Kier molecular flexibility index (Phi) is 5.45.